The van der Waals surface area contributed by atoms with Gasteiger partial charge in [-0.25, -0.2) is 8.42 Å². The van der Waals surface area contributed by atoms with Gasteiger partial charge in [0.25, 0.3) is 10.0 Å². The Morgan fingerprint density at radius 3 is 2.74 bits per heavy atom. The Bertz CT molecular complexity index is 583. The Labute approximate surface area is 125 Å². The molecule has 1 aliphatic heterocycles. The first-order valence-electron chi connectivity index (χ1n) is 5.81. The highest BCUT2D eigenvalue weighted by Gasteiger charge is 2.41. The maximum atomic E-state index is 12.6. The molecular formula is C11H15BrN2O3S2. The lowest BCUT2D eigenvalue weighted by Crippen LogP contribution is -2.45. The average molecular weight is 367 g/mol. The average Bonchev–Trinajstić information content (AvgIpc) is 2.95. The van der Waals surface area contributed by atoms with Crippen LogP contribution in [0.25, 0.3) is 0 Å². The zero-order chi connectivity index (χ0) is 14.2. The molecule has 19 heavy (non-hydrogen) atoms. The summed E-state index contributed by atoms with van der Waals surface area (Å²) in [5.41, 5.74) is 0. The van der Waals surface area contributed by atoms with Crippen molar-refractivity contribution in [2.75, 3.05) is 20.6 Å². The molecule has 8 heteroatoms. The molecule has 106 valence electrons. The van der Waals surface area contributed by atoms with E-state index in [0.29, 0.717) is 23.9 Å². The maximum Gasteiger partial charge on any atom is 0.254 e. The fourth-order valence-electron chi connectivity index (χ4n) is 2.14. The van der Waals surface area contributed by atoms with E-state index in [2.05, 4.69) is 15.9 Å². The van der Waals surface area contributed by atoms with Crippen LogP contribution in [-0.4, -0.2) is 50.2 Å². The Morgan fingerprint density at radius 1 is 1.53 bits per heavy atom. The van der Waals surface area contributed by atoms with E-state index in [1.54, 1.807) is 25.5 Å². The summed E-state index contributed by atoms with van der Waals surface area (Å²) < 4.78 is 27.3. The van der Waals surface area contributed by atoms with Crippen molar-refractivity contribution in [3.05, 3.63) is 15.9 Å². The van der Waals surface area contributed by atoms with Gasteiger partial charge in [0.15, 0.2) is 0 Å². The third-order valence-corrected chi connectivity index (χ3v) is 7.61. The van der Waals surface area contributed by atoms with E-state index in [1.807, 2.05) is 0 Å². The van der Waals surface area contributed by atoms with Crippen LogP contribution in [0.1, 0.15) is 12.8 Å². The van der Waals surface area contributed by atoms with Crippen LogP contribution in [0.5, 0.6) is 0 Å². The smallest absolute Gasteiger partial charge is 0.254 e. The molecule has 1 unspecified atom stereocenters. The number of thiophene rings is 1. The fraction of sp³-hybridized carbons (Fsp3) is 0.545. The molecule has 0 spiro atoms. The highest BCUT2D eigenvalue weighted by atomic mass is 79.9. The van der Waals surface area contributed by atoms with E-state index in [1.165, 1.54) is 9.21 Å². The van der Waals surface area contributed by atoms with Crippen LogP contribution in [0, 0.1) is 0 Å². The van der Waals surface area contributed by atoms with Crippen LogP contribution in [0.15, 0.2) is 20.1 Å². The van der Waals surface area contributed by atoms with Gasteiger partial charge < -0.3 is 4.90 Å². The molecule has 1 amide bonds. The highest BCUT2D eigenvalue weighted by molar-refractivity contribution is 9.10. The quantitative estimate of drug-likeness (QED) is 0.818. The van der Waals surface area contributed by atoms with Gasteiger partial charge in [0, 0.05) is 25.1 Å². The highest BCUT2D eigenvalue weighted by Crippen LogP contribution is 2.34. The van der Waals surface area contributed by atoms with Gasteiger partial charge in [0.05, 0.1) is 0 Å². The molecule has 1 atom stereocenters. The van der Waals surface area contributed by atoms with Crippen LogP contribution in [0.2, 0.25) is 0 Å². The number of rotatable bonds is 3. The Hall–Kier alpha value is -0.440. The van der Waals surface area contributed by atoms with Gasteiger partial charge in [-0.2, -0.15) is 4.31 Å². The normalized spacial score (nSPS) is 20.7. The van der Waals surface area contributed by atoms with Crippen molar-refractivity contribution < 1.29 is 13.2 Å². The lowest BCUT2D eigenvalue weighted by atomic mass is 10.2. The number of carbonyl (C=O) groups excluding carboxylic acids is 1. The third-order valence-electron chi connectivity index (χ3n) is 3.06. The Morgan fingerprint density at radius 2 is 2.21 bits per heavy atom. The monoisotopic (exact) mass is 366 g/mol. The van der Waals surface area contributed by atoms with Gasteiger partial charge in [0.1, 0.15) is 10.3 Å². The number of amides is 1. The molecule has 2 rings (SSSR count). The molecule has 0 bridgehead atoms. The second-order valence-corrected chi connectivity index (χ2v) is 8.42. The minimum Gasteiger partial charge on any atom is -0.347 e. The molecule has 0 aromatic carbocycles. The molecule has 2 heterocycles. The molecule has 1 fully saturated rings. The summed E-state index contributed by atoms with van der Waals surface area (Å²) in [7, 11) is -0.306. The van der Waals surface area contributed by atoms with Gasteiger partial charge in [-0.15, -0.1) is 11.3 Å². The largest absolute Gasteiger partial charge is 0.347 e. The SMILES string of the molecule is CN(C)C(=O)C1CCCN1S(=O)(=O)c1sccc1Br. The van der Waals surface area contributed by atoms with Crippen molar-refractivity contribution in [1.29, 1.82) is 0 Å². The van der Waals surface area contributed by atoms with Crippen LogP contribution in [-0.2, 0) is 14.8 Å². The molecule has 0 aliphatic carbocycles. The number of halogens is 1. The zero-order valence-electron chi connectivity index (χ0n) is 10.7. The van der Waals surface area contributed by atoms with Crippen molar-refractivity contribution in [1.82, 2.24) is 9.21 Å². The molecule has 5 nitrogen and oxygen atoms in total. The van der Waals surface area contributed by atoms with E-state index in [4.69, 9.17) is 0 Å². The number of carbonyl (C=O) groups is 1. The van der Waals surface area contributed by atoms with E-state index < -0.39 is 16.1 Å². The number of hydrogen-bond acceptors (Lipinski definition) is 4. The van der Waals surface area contributed by atoms with Gasteiger partial charge in [-0.3, -0.25) is 4.79 Å². The predicted molar refractivity (Wildman–Crippen MR) is 77.6 cm³/mol. The lowest BCUT2D eigenvalue weighted by Gasteiger charge is -2.25. The van der Waals surface area contributed by atoms with Crippen molar-refractivity contribution in [3.63, 3.8) is 0 Å². The van der Waals surface area contributed by atoms with Crippen LogP contribution in [0.4, 0.5) is 0 Å². The van der Waals surface area contributed by atoms with Crippen molar-refractivity contribution in [3.8, 4) is 0 Å². The first-order valence-corrected chi connectivity index (χ1v) is 8.93. The number of hydrogen-bond donors (Lipinski definition) is 0. The number of likely N-dealkylation sites (N-methyl/N-ethyl adjacent to an activating group) is 1. The van der Waals surface area contributed by atoms with Crippen LogP contribution < -0.4 is 0 Å². The second kappa shape index (κ2) is 5.51. The first-order chi connectivity index (χ1) is 8.85. The Kier molecular flexibility index (Phi) is 4.34. The molecule has 0 N–H and O–H groups in total. The van der Waals surface area contributed by atoms with Gasteiger partial charge in [-0.05, 0) is 40.2 Å². The van der Waals surface area contributed by atoms with Crippen molar-refractivity contribution in [2.45, 2.75) is 23.1 Å². The van der Waals surface area contributed by atoms with Crippen LogP contribution in [0.3, 0.4) is 0 Å². The maximum absolute atomic E-state index is 12.6. The summed E-state index contributed by atoms with van der Waals surface area (Å²) >= 11 is 4.41. The van der Waals surface area contributed by atoms with Gasteiger partial charge >= 0.3 is 0 Å². The van der Waals surface area contributed by atoms with Crippen LogP contribution >= 0.6 is 27.3 Å². The summed E-state index contributed by atoms with van der Waals surface area (Å²) in [6, 6.07) is 1.13. The standard InChI is InChI=1S/C11H15BrN2O3S2/c1-13(2)10(15)9-4-3-6-14(9)19(16,17)11-8(12)5-7-18-11/h5,7,9H,3-4,6H2,1-2H3. The predicted octanol–water partition coefficient (Wildman–Crippen LogP) is 1.75. The van der Waals surface area contributed by atoms with E-state index in [0.717, 1.165) is 11.3 Å². The summed E-state index contributed by atoms with van der Waals surface area (Å²) in [5, 5.41) is 1.72. The second-order valence-electron chi connectivity index (χ2n) is 4.56. The lowest BCUT2D eigenvalue weighted by molar-refractivity contribution is -0.132. The molecule has 1 aromatic heterocycles. The first kappa shape index (κ1) is 15.0. The van der Waals surface area contributed by atoms with Gasteiger partial charge in [0.2, 0.25) is 5.91 Å². The molecule has 0 saturated carbocycles. The molecule has 1 aliphatic rings. The van der Waals surface area contributed by atoms with Crippen molar-refractivity contribution in [2.24, 2.45) is 0 Å². The Balaban J connectivity index is 2.35. The summed E-state index contributed by atoms with van der Waals surface area (Å²) in [6.45, 7) is 0.400. The topological polar surface area (TPSA) is 57.7 Å². The fourth-order valence-corrected chi connectivity index (χ4v) is 6.22. The minimum absolute atomic E-state index is 0.159. The van der Waals surface area contributed by atoms with E-state index in [-0.39, 0.29) is 10.1 Å². The number of nitrogens with zero attached hydrogens (tertiary/aromatic N) is 2. The molecular weight excluding hydrogens is 352 g/mol. The summed E-state index contributed by atoms with van der Waals surface area (Å²) in [4.78, 5) is 13.5. The third kappa shape index (κ3) is 2.72. The minimum atomic E-state index is -3.60. The molecule has 0 radical (unpaired) electrons. The zero-order valence-corrected chi connectivity index (χ0v) is 13.9. The molecule has 1 aromatic rings. The molecule has 1 saturated heterocycles. The van der Waals surface area contributed by atoms with Gasteiger partial charge in [-0.1, -0.05) is 0 Å². The van der Waals surface area contributed by atoms with E-state index in [9.17, 15) is 13.2 Å². The summed E-state index contributed by atoms with van der Waals surface area (Å²) in [5.74, 6) is -0.159. The van der Waals surface area contributed by atoms with Crippen molar-refractivity contribution >= 4 is 43.2 Å². The number of sulfonamides is 1. The van der Waals surface area contributed by atoms with E-state index >= 15 is 0 Å². The summed E-state index contributed by atoms with van der Waals surface area (Å²) in [6.07, 6.45) is 1.30.